The molecule has 2 aromatic rings. The number of hydrogen-bond acceptors (Lipinski definition) is 3. The molecule has 19 heavy (non-hydrogen) atoms. The van der Waals surface area contributed by atoms with E-state index in [0.717, 1.165) is 23.6 Å². The van der Waals surface area contributed by atoms with E-state index in [1.54, 1.807) is 12.1 Å². The average molecular weight is 259 g/mol. The van der Waals surface area contributed by atoms with Crippen LogP contribution in [-0.2, 0) is 13.1 Å². The molecule has 0 unspecified atom stereocenters. The molecule has 2 rings (SSSR count). The van der Waals surface area contributed by atoms with Crippen LogP contribution >= 0.6 is 0 Å². The van der Waals surface area contributed by atoms with Gasteiger partial charge in [-0.2, -0.15) is 0 Å². The van der Waals surface area contributed by atoms with E-state index >= 15 is 0 Å². The number of rotatable bonds is 5. The second-order valence-electron chi connectivity index (χ2n) is 4.50. The Balaban J connectivity index is 2.08. The van der Waals surface area contributed by atoms with Crippen LogP contribution in [0.25, 0.3) is 0 Å². The maximum Gasteiger partial charge on any atom is 0.128 e. The Morgan fingerprint density at radius 2 is 1.89 bits per heavy atom. The minimum Gasteiger partial charge on any atom is -0.355 e. The predicted molar refractivity (Wildman–Crippen MR) is 75.5 cm³/mol. The summed E-state index contributed by atoms with van der Waals surface area (Å²) < 4.78 is 12.9. The van der Waals surface area contributed by atoms with Crippen molar-refractivity contribution < 1.29 is 4.39 Å². The van der Waals surface area contributed by atoms with Gasteiger partial charge in [0, 0.05) is 20.1 Å². The zero-order valence-electron chi connectivity index (χ0n) is 11.2. The van der Waals surface area contributed by atoms with Crippen LogP contribution in [0.2, 0.25) is 0 Å². The molecule has 0 atom stereocenters. The number of anilines is 1. The average Bonchev–Trinajstić information content (AvgIpc) is 2.42. The van der Waals surface area contributed by atoms with Crippen molar-refractivity contribution in [3.8, 4) is 0 Å². The van der Waals surface area contributed by atoms with E-state index in [1.807, 2.05) is 37.2 Å². The second-order valence-corrected chi connectivity index (χ2v) is 4.50. The molecule has 0 saturated heterocycles. The van der Waals surface area contributed by atoms with E-state index in [4.69, 9.17) is 0 Å². The van der Waals surface area contributed by atoms with E-state index < -0.39 is 0 Å². The molecule has 0 aliphatic carbocycles. The SMILES string of the molecule is CNCc1cccc(N(C)Cc2ccc(F)cc2)n1. The van der Waals surface area contributed by atoms with Gasteiger partial charge in [-0.1, -0.05) is 18.2 Å². The first-order valence-corrected chi connectivity index (χ1v) is 6.25. The van der Waals surface area contributed by atoms with Gasteiger partial charge < -0.3 is 10.2 Å². The molecule has 0 amide bonds. The molecule has 0 aliphatic rings. The third-order valence-electron chi connectivity index (χ3n) is 2.87. The molecule has 100 valence electrons. The molecule has 0 aliphatic heterocycles. The van der Waals surface area contributed by atoms with Crippen molar-refractivity contribution in [2.24, 2.45) is 0 Å². The molecule has 0 radical (unpaired) electrons. The van der Waals surface area contributed by atoms with Crippen molar-refractivity contribution >= 4 is 5.82 Å². The fourth-order valence-electron chi connectivity index (χ4n) is 1.90. The van der Waals surface area contributed by atoms with Crippen molar-refractivity contribution in [3.05, 3.63) is 59.5 Å². The van der Waals surface area contributed by atoms with Crippen molar-refractivity contribution in [1.29, 1.82) is 0 Å². The van der Waals surface area contributed by atoms with Gasteiger partial charge in [0.05, 0.1) is 5.69 Å². The van der Waals surface area contributed by atoms with Crippen LogP contribution in [0.5, 0.6) is 0 Å². The zero-order chi connectivity index (χ0) is 13.7. The summed E-state index contributed by atoms with van der Waals surface area (Å²) in [4.78, 5) is 6.61. The van der Waals surface area contributed by atoms with Gasteiger partial charge in [-0.3, -0.25) is 0 Å². The molecule has 3 nitrogen and oxygen atoms in total. The van der Waals surface area contributed by atoms with Gasteiger partial charge in [-0.15, -0.1) is 0 Å². The first kappa shape index (κ1) is 13.5. The number of hydrogen-bond donors (Lipinski definition) is 1. The van der Waals surface area contributed by atoms with Crippen molar-refractivity contribution in [2.45, 2.75) is 13.1 Å². The lowest BCUT2D eigenvalue weighted by molar-refractivity contribution is 0.627. The highest BCUT2D eigenvalue weighted by molar-refractivity contribution is 5.39. The molecule has 1 heterocycles. The minimum atomic E-state index is -0.208. The monoisotopic (exact) mass is 259 g/mol. The summed E-state index contributed by atoms with van der Waals surface area (Å²) in [5.41, 5.74) is 2.07. The van der Waals surface area contributed by atoms with Gasteiger partial charge in [0.15, 0.2) is 0 Å². The van der Waals surface area contributed by atoms with Gasteiger partial charge in [0.1, 0.15) is 11.6 Å². The first-order chi connectivity index (χ1) is 9.19. The van der Waals surface area contributed by atoms with Gasteiger partial charge in [0.25, 0.3) is 0 Å². The highest BCUT2D eigenvalue weighted by atomic mass is 19.1. The Morgan fingerprint density at radius 1 is 1.16 bits per heavy atom. The van der Waals surface area contributed by atoms with Gasteiger partial charge in [-0.05, 0) is 36.9 Å². The van der Waals surface area contributed by atoms with Crippen LogP contribution in [0.3, 0.4) is 0 Å². The number of nitrogens with one attached hydrogen (secondary N) is 1. The fourth-order valence-corrected chi connectivity index (χ4v) is 1.90. The van der Waals surface area contributed by atoms with Crippen molar-refractivity contribution in [1.82, 2.24) is 10.3 Å². The Morgan fingerprint density at radius 3 is 2.58 bits per heavy atom. The van der Waals surface area contributed by atoms with Crippen LogP contribution < -0.4 is 10.2 Å². The van der Waals surface area contributed by atoms with E-state index in [9.17, 15) is 4.39 Å². The molecule has 1 N–H and O–H groups in total. The Kier molecular flexibility index (Phi) is 4.47. The molecular weight excluding hydrogens is 241 g/mol. The smallest absolute Gasteiger partial charge is 0.128 e. The van der Waals surface area contributed by atoms with E-state index in [2.05, 4.69) is 10.3 Å². The molecule has 0 saturated carbocycles. The summed E-state index contributed by atoms with van der Waals surface area (Å²) in [6.45, 7) is 1.45. The molecule has 0 fully saturated rings. The number of nitrogens with zero attached hydrogens (tertiary/aromatic N) is 2. The van der Waals surface area contributed by atoms with Crippen LogP contribution in [-0.4, -0.2) is 19.1 Å². The van der Waals surface area contributed by atoms with Crippen LogP contribution in [0, 0.1) is 5.82 Å². The van der Waals surface area contributed by atoms with Crippen molar-refractivity contribution in [3.63, 3.8) is 0 Å². The van der Waals surface area contributed by atoms with E-state index in [1.165, 1.54) is 12.1 Å². The summed E-state index contributed by atoms with van der Waals surface area (Å²) >= 11 is 0. The Bertz CT molecular complexity index is 525. The lowest BCUT2D eigenvalue weighted by atomic mass is 10.2. The molecule has 0 bridgehead atoms. The lowest BCUT2D eigenvalue weighted by Crippen LogP contribution is -2.18. The summed E-state index contributed by atoms with van der Waals surface area (Å²) in [7, 11) is 3.88. The topological polar surface area (TPSA) is 28.2 Å². The minimum absolute atomic E-state index is 0.208. The third-order valence-corrected chi connectivity index (χ3v) is 2.87. The summed E-state index contributed by atoms with van der Waals surface area (Å²) in [5.74, 6) is 0.706. The number of halogens is 1. The summed E-state index contributed by atoms with van der Waals surface area (Å²) in [6.07, 6.45) is 0. The fraction of sp³-hybridized carbons (Fsp3) is 0.267. The van der Waals surface area contributed by atoms with E-state index in [0.29, 0.717) is 6.54 Å². The zero-order valence-corrected chi connectivity index (χ0v) is 11.2. The molecule has 0 spiro atoms. The highest BCUT2D eigenvalue weighted by Gasteiger charge is 2.04. The molecule has 1 aromatic heterocycles. The van der Waals surface area contributed by atoms with Crippen LogP contribution in [0.4, 0.5) is 10.2 Å². The van der Waals surface area contributed by atoms with Crippen LogP contribution in [0.15, 0.2) is 42.5 Å². The van der Waals surface area contributed by atoms with Gasteiger partial charge >= 0.3 is 0 Å². The third kappa shape index (κ3) is 3.76. The Labute approximate surface area is 113 Å². The summed E-state index contributed by atoms with van der Waals surface area (Å²) in [5, 5.41) is 3.08. The lowest BCUT2D eigenvalue weighted by Gasteiger charge is -2.19. The maximum absolute atomic E-state index is 12.9. The van der Waals surface area contributed by atoms with Crippen molar-refractivity contribution in [2.75, 3.05) is 19.0 Å². The Hall–Kier alpha value is -1.94. The standard InChI is InChI=1S/C15H18FN3/c1-17-10-14-4-3-5-15(18-14)19(2)11-12-6-8-13(16)9-7-12/h3-9,17H,10-11H2,1-2H3. The number of pyridine rings is 1. The normalized spacial score (nSPS) is 10.5. The van der Waals surface area contributed by atoms with Gasteiger partial charge in [-0.25, -0.2) is 9.37 Å². The molecule has 1 aromatic carbocycles. The molecule has 4 heteroatoms. The number of benzene rings is 1. The van der Waals surface area contributed by atoms with Crippen LogP contribution in [0.1, 0.15) is 11.3 Å². The first-order valence-electron chi connectivity index (χ1n) is 6.25. The second kappa shape index (κ2) is 6.29. The van der Waals surface area contributed by atoms with Gasteiger partial charge in [0.2, 0.25) is 0 Å². The summed E-state index contributed by atoms with van der Waals surface area (Å²) in [6, 6.07) is 12.5. The quantitative estimate of drug-likeness (QED) is 0.894. The number of aromatic nitrogens is 1. The predicted octanol–water partition coefficient (Wildman–Crippen LogP) is 2.58. The highest BCUT2D eigenvalue weighted by Crippen LogP contribution is 2.13. The maximum atomic E-state index is 12.9. The van der Waals surface area contributed by atoms with E-state index in [-0.39, 0.29) is 5.82 Å². The molecular formula is C15H18FN3. The largest absolute Gasteiger partial charge is 0.355 e.